The van der Waals surface area contributed by atoms with Crippen LogP contribution in [-0.2, 0) is 4.79 Å². The second-order valence-corrected chi connectivity index (χ2v) is 7.33. The van der Waals surface area contributed by atoms with Gasteiger partial charge in [-0.2, -0.15) is 10.5 Å². The van der Waals surface area contributed by atoms with E-state index in [2.05, 4.69) is 10.3 Å². The second-order valence-electron chi connectivity index (χ2n) is 6.36. The van der Waals surface area contributed by atoms with Gasteiger partial charge in [-0.1, -0.05) is 36.0 Å². The van der Waals surface area contributed by atoms with Gasteiger partial charge in [0, 0.05) is 11.3 Å². The van der Waals surface area contributed by atoms with Crippen LogP contribution in [-0.4, -0.2) is 16.6 Å². The molecule has 0 fully saturated rings. The Balaban J connectivity index is 1.92. The predicted molar refractivity (Wildman–Crippen MR) is 114 cm³/mol. The van der Waals surface area contributed by atoms with E-state index in [9.17, 15) is 19.7 Å². The lowest BCUT2D eigenvalue weighted by atomic mass is 9.97. The normalized spacial score (nSPS) is 10.1. The zero-order chi connectivity index (χ0) is 21.7. The minimum Gasteiger partial charge on any atom is -0.383 e. The van der Waals surface area contributed by atoms with Crippen LogP contribution in [0.15, 0.2) is 53.6 Å². The van der Waals surface area contributed by atoms with E-state index in [1.54, 1.807) is 6.07 Å². The number of nitrogen functional groups attached to an aromatic ring is 1. The third kappa shape index (κ3) is 4.57. The number of nitriles is 2. The molecule has 3 N–H and O–H groups in total. The minimum atomic E-state index is -0.444. The Bertz CT molecular complexity index is 1200. The molecule has 148 valence electrons. The lowest BCUT2D eigenvalue weighted by Crippen LogP contribution is -2.14. The number of amides is 1. The molecule has 0 bridgehead atoms. The van der Waals surface area contributed by atoms with Gasteiger partial charge < -0.3 is 11.1 Å². The molecular weight excluding hydrogens is 401 g/mol. The quantitative estimate of drug-likeness (QED) is 0.600. The van der Waals surface area contributed by atoms with Gasteiger partial charge >= 0.3 is 0 Å². The van der Waals surface area contributed by atoms with Crippen LogP contribution in [0.2, 0.25) is 0 Å². The number of carbonyl (C=O) groups excluding carboxylic acids is 1. The average Bonchev–Trinajstić information content (AvgIpc) is 2.72. The number of rotatable bonds is 5. The number of pyridine rings is 1. The summed E-state index contributed by atoms with van der Waals surface area (Å²) in [6.45, 7) is 1.92. The topological polar surface area (TPSA) is 116 Å². The zero-order valence-corrected chi connectivity index (χ0v) is 16.8. The van der Waals surface area contributed by atoms with E-state index in [-0.39, 0.29) is 39.2 Å². The van der Waals surface area contributed by atoms with E-state index in [1.165, 1.54) is 24.3 Å². The highest BCUT2D eigenvalue weighted by Crippen LogP contribution is 2.35. The maximum Gasteiger partial charge on any atom is 0.234 e. The number of benzene rings is 2. The summed E-state index contributed by atoms with van der Waals surface area (Å²) < 4.78 is 13.3. The van der Waals surface area contributed by atoms with E-state index in [1.807, 2.05) is 37.3 Å². The molecule has 1 heterocycles. The molecule has 0 saturated carbocycles. The summed E-state index contributed by atoms with van der Waals surface area (Å²) in [6, 6.07) is 16.8. The van der Waals surface area contributed by atoms with Crippen molar-refractivity contribution >= 4 is 29.2 Å². The number of hydrogen-bond donors (Lipinski definition) is 2. The van der Waals surface area contributed by atoms with Crippen LogP contribution in [0.3, 0.4) is 0 Å². The van der Waals surface area contributed by atoms with Crippen LogP contribution in [0.4, 0.5) is 15.9 Å². The fourth-order valence-electron chi connectivity index (χ4n) is 2.86. The fourth-order valence-corrected chi connectivity index (χ4v) is 3.66. The van der Waals surface area contributed by atoms with E-state index in [0.29, 0.717) is 11.3 Å². The number of thioether (sulfide) groups is 1. The van der Waals surface area contributed by atoms with Crippen molar-refractivity contribution in [3.8, 4) is 23.3 Å². The first-order valence-electron chi connectivity index (χ1n) is 8.82. The van der Waals surface area contributed by atoms with Crippen molar-refractivity contribution in [2.75, 3.05) is 16.8 Å². The van der Waals surface area contributed by atoms with E-state index < -0.39 is 5.82 Å². The van der Waals surface area contributed by atoms with Crippen LogP contribution >= 0.6 is 11.8 Å². The fraction of sp³-hybridized carbons (Fsp3) is 0.0909. The Kier molecular flexibility index (Phi) is 6.31. The van der Waals surface area contributed by atoms with Gasteiger partial charge in [-0.05, 0) is 42.3 Å². The summed E-state index contributed by atoms with van der Waals surface area (Å²) in [7, 11) is 0. The summed E-state index contributed by atoms with van der Waals surface area (Å²) in [4.78, 5) is 16.5. The van der Waals surface area contributed by atoms with Crippen LogP contribution < -0.4 is 11.1 Å². The monoisotopic (exact) mass is 417 g/mol. The largest absolute Gasteiger partial charge is 0.383 e. The van der Waals surface area contributed by atoms with Gasteiger partial charge in [0.2, 0.25) is 5.91 Å². The van der Waals surface area contributed by atoms with Gasteiger partial charge in [0.15, 0.2) is 0 Å². The lowest BCUT2D eigenvalue weighted by Gasteiger charge is -2.13. The number of nitrogens with one attached hydrogen (secondary N) is 1. The smallest absolute Gasteiger partial charge is 0.234 e. The highest BCUT2D eigenvalue weighted by Gasteiger charge is 2.21. The highest BCUT2D eigenvalue weighted by atomic mass is 32.2. The molecular formula is C22H16FN5OS. The molecule has 0 radical (unpaired) electrons. The van der Waals surface area contributed by atoms with Crippen molar-refractivity contribution < 1.29 is 9.18 Å². The number of aromatic nitrogens is 1. The Hall–Kier alpha value is -3.88. The van der Waals surface area contributed by atoms with Gasteiger partial charge in [0.25, 0.3) is 0 Å². The Morgan fingerprint density at radius 3 is 2.50 bits per heavy atom. The van der Waals surface area contributed by atoms with Crippen LogP contribution in [0.5, 0.6) is 0 Å². The molecule has 30 heavy (non-hydrogen) atoms. The first kappa shape index (κ1) is 20.8. The summed E-state index contributed by atoms with van der Waals surface area (Å²) in [5, 5.41) is 22.2. The number of hydrogen-bond acceptors (Lipinski definition) is 6. The Morgan fingerprint density at radius 2 is 1.87 bits per heavy atom. The van der Waals surface area contributed by atoms with Crippen molar-refractivity contribution in [3.05, 3.63) is 71.0 Å². The SMILES string of the molecule is Cc1cccc(NC(=O)CSc2nc(N)c(C#N)c(-c3ccc(F)cc3)c2C#N)c1. The summed E-state index contributed by atoms with van der Waals surface area (Å²) in [6.07, 6.45) is 0. The van der Waals surface area contributed by atoms with Gasteiger partial charge in [0.05, 0.1) is 11.3 Å². The summed E-state index contributed by atoms with van der Waals surface area (Å²) >= 11 is 1.04. The van der Waals surface area contributed by atoms with E-state index in [0.717, 1.165) is 17.3 Å². The molecule has 0 saturated heterocycles. The molecule has 8 heteroatoms. The van der Waals surface area contributed by atoms with Crippen molar-refractivity contribution in [3.63, 3.8) is 0 Å². The Morgan fingerprint density at radius 1 is 1.17 bits per heavy atom. The molecule has 6 nitrogen and oxygen atoms in total. The molecule has 1 aromatic heterocycles. The predicted octanol–water partition coefficient (Wildman–Crippen LogP) is 4.25. The molecule has 3 aromatic rings. The van der Waals surface area contributed by atoms with Crippen LogP contribution in [0, 0.1) is 35.4 Å². The third-order valence-electron chi connectivity index (χ3n) is 4.19. The maximum absolute atomic E-state index is 13.3. The molecule has 0 aliphatic heterocycles. The second kappa shape index (κ2) is 9.08. The van der Waals surface area contributed by atoms with Crippen molar-refractivity contribution in [2.45, 2.75) is 11.9 Å². The van der Waals surface area contributed by atoms with Gasteiger partial charge in [-0.3, -0.25) is 4.79 Å². The number of halogens is 1. The first-order valence-corrected chi connectivity index (χ1v) is 9.80. The highest BCUT2D eigenvalue weighted by molar-refractivity contribution is 8.00. The van der Waals surface area contributed by atoms with Crippen molar-refractivity contribution in [1.29, 1.82) is 10.5 Å². The van der Waals surface area contributed by atoms with Crippen LogP contribution in [0.25, 0.3) is 11.1 Å². The number of nitrogens with two attached hydrogens (primary N) is 1. The van der Waals surface area contributed by atoms with E-state index >= 15 is 0 Å². The van der Waals surface area contributed by atoms with Crippen LogP contribution in [0.1, 0.15) is 16.7 Å². The molecule has 0 unspecified atom stereocenters. The number of nitrogens with zero attached hydrogens (tertiary/aromatic N) is 3. The van der Waals surface area contributed by atoms with Gasteiger partial charge in [0.1, 0.15) is 34.4 Å². The summed E-state index contributed by atoms with van der Waals surface area (Å²) in [5.74, 6) is -0.788. The zero-order valence-electron chi connectivity index (χ0n) is 15.9. The standard InChI is InChI=1S/C22H16FN5OS/c1-13-3-2-4-16(9-13)27-19(29)12-30-22-18(11-25)20(17(10-24)21(26)28-22)14-5-7-15(23)8-6-14/h2-9H,12H2,1H3,(H2,26,28)(H,27,29). The molecule has 0 aliphatic carbocycles. The molecule has 1 amide bonds. The number of aryl methyl sites for hydroxylation is 1. The average molecular weight is 417 g/mol. The molecule has 0 spiro atoms. The van der Waals surface area contributed by atoms with Crippen molar-refractivity contribution in [2.24, 2.45) is 0 Å². The van der Waals surface area contributed by atoms with Gasteiger partial charge in [-0.15, -0.1) is 0 Å². The lowest BCUT2D eigenvalue weighted by molar-refractivity contribution is -0.113. The molecule has 3 rings (SSSR count). The van der Waals surface area contributed by atoms with Crippen molar-refractivity contribution in [1.82, 2.24) is 4.98 Å². The number of anilines is 2. The molecule has 0 aliphatic rings. The number of carbonyl (C=O) groups is 1. The Labute approximate surface area is 177 Å². The maximum atomic E-state index is 13.3. The first-order chi connectivity index (χ1) is 14.4. The van der Waals surface area contributed by atoms with Gasteiger partial charge in [-0.25, -0.2) is 9.37 Å². The minimum absolute atomic E-state index is 0.0101. The van der Waals surface area contributed by atoms with E-state index in [4.69, 9.17) is 5.73 Å². The third-order valence-corrected chi connectivity index (χ3v) is 5.17. The molecule has 2 aromatic carbocycles. The molecule has 0 atom stereocenters. The summed E-state index contributed by atoms with van der Waals surface area (Å²) in [5.41, 5.74) is 8.50.